The molecule has 102 valence electrons. The van der Waals surface area contributed by atoms with Gasteiger partial charge in [-0.2, -0.15) is 5.26 Å². The molecule has 1 aromatic heterocycles. The van der Waals surface area contributed by atoms with Crippen molar-refractivity contribution in [1.29, 1.82) is 5.26 Å². The first-order chi connectivity index (χ1) is 10.1. The van der Waals surface area contributed by atoms with Crippen molar-refractivity contribution in [2.45, 2.75) is 6.92 Å². The van der Waals surface area contributed by atoms with Crippen LogP contribution in [0.4, 0.5) is 0 Å². The number of nitrogens with zero attached hydrogens (tertiary/aromatic N) is 2. The molecule has 3 rings (SSSR count). The number of benzene rings is 2. The summed E-state index contributed by atoms with van der Waals surface area (Å²) in [6, 6.07) is 14.7. The molecule has 4 heteroatoms. The van der Waals surface area contributed by atoms with Gasteiger partial charge in [-0.3, -0.25) is 9.36 Å². The molecule has 0 saturated carbocycles. The number of halogens is 1. The van der Waals surface area contributed by atoms with E-state index < -0.39 is 0 Å². The Morgan fingerprint density at radius 2 is 2.00 bits per heavy atom. The van der Waals surface area contributed by atoms with Crippen LogP contribution in [0, 0.1) is 18.3 Å². The summed E-state index contributed by atoms with van der Waals surface area (Å²) in [5.41, 5.74) is 2.59. The maximum Gasteiger partial charge on any atom is 0.263 e. The van der Waals surface area contributed by atoms with E-state index in [4.69, 9.17) is 11.6 Å². The molecule has 3 aromatic rings. The molecule has 0 unspecified atom stereocenters. The van der Waals surface area contributed by atoms with Crippen LogP contribution < -0.4 is 0 Å². The van der Waals surface area contributed by atoms with Crippen molar-refractivity contribution < 1.29 is 4.79 Å². The largest absolute Gasteiger partial charge is 0.282 e. The fourth-order valence-corrected chi connectivity index (χ4v) is 2.68. The van der Waals surface area contributed by atoms with Crippen LogP contribution in [0.2, 0.25) is 5.02 Å². The van der Waals surface area contributed by atoms with Crippen LogP contribution in [-0.4, -0.2) is 10.5 Å². The van der Waals surface area contributed by atoms with Gasteiger partial charge >= 0.3 is 0 Å². The monoisotopic (exact) mass is 294 g/mol. The van der Waals surface area contributed by atoms with Crippen molar-refractivity contribution in [3.8, 4) is 6.07 Å². The molecule has 2 aromatic carbocycles. The molecule has 1 heterocycles. The number of aromatic nitrogens is 1. The summed E-state index contributed by atoms with van der Waals surface area (Å²) in [4.78, 5) is 12.7. The number of rotatable bonds is 1. The number of aryl methyl sites for hydroxylation is 1. The van der Waals surface area contributed by atoms with E-state index in [1.807, 2.05) is 37.3 Å². The topological polar surface area (TPSA) is 45.8 Å². The predicted molar refractivity (Wildman–Crippen MR) is 82.6 cm³/mol. The van der Waals surface area contributed by atoms with Crippen LogP contribution in [0.5, 0.6) is 0 Å². The average molecular weight is 295 g/mol. The van der Waals surface area contributed by atoms with E-state index in [0.29, 0.717) is 21.7 Å². The first kappa shape index (κ1) is 13.4. The molecule has 0 spiro atoms. The van der Waals surface area contributed by atoms with Crippen LogP contribution in [0.1, 0.15) is 21.5 Å². The molecule has 0 atom stereocenters. The first-order valence-electron chi connectivity index (χ1n) is 6.43. The lowest BCUT2D eigenvalue weighted by atomic mass is 10.1. The Kier molecular flexibility index (Phi) is 3.25. The fraction of sp³-hybridized carbons (Fsp3) is 0.0588. The second-order valence-corrected chi connectivity index (χ2v) is 5.24. The maximum absolute atomic E-state index is 12.7. The average Bonchev–Trinajstić information content (AvgIpc) is 2.85. The maximum atomic E-state index is 12.7. The Balaban J connectivity index is 2.21. The van der Waals surface area contributed by atoms with Crippen LogP contribution >= 0.6 is 11.6 Å². The highest BCUT2D eigenvalue weighted by Crippen LogP contribution is 2.24. The molecule has 0 bridgehead atoms. The third-order valence-electron chi connectivity index (χ3n) is 3.41. The molecule has 0 radical (unpaired) electrons. The summed E-state index contributed by atoms with van der Waals surface area (Å²) >= 11 is 6.17. The lowest BCUT2D eigenvalue weighted by molar-refractivity contribution is 0.0965. The molecular weight excluding hydrogens is 284 g/mol. The second kappa shape index (κ2) is 5.08. The standard InChI is InChI=1S/C17H11ClN2O/c1-11-6-7-14(15(18)8-11)17(21)20-10-12(9-19)13-4-2-3-5-16(13)20/h2-8,10H,1H3. The Morgan fingerprint density at radius 3 is 2.71 bits per heavy atom. The predicted octanol–water partition coefficient (Wildman–Crippen LogP) is 4.16. The van der Waals surface area contributed by atoms with Gasteiger partial charge in [0.2, 0.25) is 0 Å². The highest BCUT2D eigenvalue weighted by molar-refractivity contribution is 6.34. The molecule has 0 fully saturated rings. The van der Waals surface area contributed by atoms with Gasteiger partial charge in [0.05, 0.1) is 21.7 Å². The number of fused-ring (bicyclic) bond motifs is 1. The lowest BCUT2D eigenvalue weighted by Crippen LogP contribution is -2.11. The van der Waals surface area contributed by atoms with E-state index in [1.165, 1.54) is 4.57 Å². The van der Waals surface area contributed by atoms with Gasteiger partial charge in [-0.1, -0.05) is 35.9 Å². The zero-order valence-electron chi connectivity index (χ0n) is 11.3. The van der Waals surface area contributed by atoms with Gasteiger partial charge in [0, 0.05) is 11.6 Å². The third kappa shape index (κ3) is 2.20. The summed E-state index contributed by atoms with van der Waals surface area (Å²) < 4.78 is 1.48. The minimum absolute atomic E-state index is 0.238. The van der Waals surface area contributed by atoms with Gasteiger partial charge in [0.25, 0.3) is 5.91 Å². The van der Waals surface area contributed by atoms with E-state index in [9.17, 15) is 10.1 Å². The fourth-order valence-electron chi connectivity index (χ4n) is 2.36. The molecular formula is C17H11ClN2O. The highest BCUT2D eigenvalue weighted by atomic mass is 35.5. The number of nitriles is 1. The van der Waals surface area contributed by atoms with Crippen molar-refractivity contribution in [2.75, 3.05) is 0 Å². The minimum atomic E-state index is -0.238. The van der Waals surface area contributed by atoms with Gasteiger partial charge in [-0.05, 0) is 30.7 Å². The summed E-state index contributed by atoms with van der Waals surface area (Å²) in [6.45, 7) is 1.92. The van der Waals surface area contributed by atoms with Crippen molar-refractivity contribution in [3.63, 3.8) is 0 Å². The van der Waals surface area contributed by atoms with Crippen molar-refractivity contribution in [2.24, 2.45) is 0 Å². The zero-order chi connectivity index (χ0) is 15.0. The van der Waals surface area contributed by atoms with Crippen LogP contribution in [-0.2, 0) is 0 Å². The van der Waals surface area contributed by atoms with Gasteiger partial charge in [-0.15, -0.1) is 0 Å². The molecule has 0 saturated heterocycles. The molecule has 3 nitrogen and oxygen atoms in total. The summed E-state index contributed by atoms with van der Waals surface area (Å²) in [5, 5.41) is 10.4. The van der Waals surface area contributed by atoms with E-state index in [1.54, 1.807) is 18.3 Å². The lowest BCUT2D eigenvalue weighted by Gasteiger charge is -2.06. The van der Waals surface area contributed by atoms with Crippen LogP contribution in [0.25, 0.3) is 10.9 Å². The SMILES string of the molecule is Cc1ccc(C(=O)n2cc(C#N)c3ccccc32)c(Cl)c1. The third-order valence-corrected chi connectivity index (χ3v) is 3.72. The van der Waals surface area contributed by atoms with Crippen molar-refractivity contribution >= 4 is 28.4 Å². The zero-order valence-corrected chi connectivity index (χ0v) is 12.1. The number of carbonyl (C=O) groups is 1. The molecule has 0 aliphatic rings. The van der Waals surface area contributed by atoms with Gasteiger partial charge in [0.1, 0.15) is 6.07 Å². The molecule has 0 aliphatic heterocycles. The molecule has 0 amide bonds. The summed E-state index contributed by atoms with van der Waals surface area (Å²) in [6.07, 6.45) is 1.56. The van der Waals surface area contributed by atoms with E-state index in [2.05, 4.69) is 6.07 Å². The van der Waals surface area contributed by atoms with Crippen molar-refractivity contribution in [1.82, 2.24) is 4.57 Å². The number of carbonyl (C=O) groups excluding carboxylic acids is 1. The number of hydrogen-bond donors (Lipinski definition) is 0. The van der Waals surface area contributed by atoms with Gasteiger partial charge in [0.15, 0.2) is 0 Å². The number of para-hydroxylation sites is 1. The highest BCUT2D eigenvalue weighted by Gasteiger charge is 2.17. The Morgan fingerprint density at radius 1 is 1.24 bits per heavy atom. The first-order valence-corrected chi connectivity index (χ1v) is 6.80. The normalized spacial score (nSPS) is 10.5. The van der Waals surface area contributed by atoms with Crippen LogP contribution in [0.3, 0.4) is 0 Å². The Labute approximate surface area is 127 Å². The minimum Gasteiger partial charge on any atom is -0.282 e. The van der Waals surface area contributed by atoms with E-state index in [-0.39, 0.29) is 5.91 Å². The van der Waals surface area contributed by atoms with E-state index in [0.717, 1.165) is 10.9 Å². The van der Waals surface area contributed by atoms with Crippen molar-refractivity contribution in [3.05, 3.63) is 70.4 Å². The summed E-state index contributed by atoms with van der Waals surface area (Å²) in [7, 11) is 0. The summed E-state index contributed by atoms with van der Waals surface area (Å²) in [5.74, 6) is -0.238. The Bertz CT molecular complexity index is 903. The quantitative estimate of drug-likeness (QED) is 0.676. The number of hydrogen-bond acceptors (Lipinski definition) is 2. The molecule has 0 N–H and O–H groups in total. The van der Waals surface area contributed by atoms with Gasteiger partial charge in [-0.25, -0.2) is 0 Å². The Hall–Kier alpha value is -2.57. The van der Waals surface area contributed by atoms with Crippen LogP contribution in [0.15, 0.2) is 48.7 Å². The molecule has 0 aliphatic carbocycles. The van der Waals surface area contributed by atoms with E-state index >= 15 is 0 Å². The second-order valence-electron chi connectivity index (χ2n) is 4.83. The molecule has 21 heavy (non-hydrogen) atoms. The van der Waals surface area contributed by atoms with Gasteiger partial charge < -0.3 is 0 Å². The smallest absolute Gasteiger partial charge is 0.263 e.